The normalized spacial score (nSPS) is 28.1. The molecule has 0 aromatic carbocycles. The molecule has 5 heteroatoms. The molecule has 1 heterocycles. The third-order valence-electron chi connectivity index (χ3n) is 2.78. The molecule has 5 nitrogen and oxygen atoms in total. The van der Waals surface area contributed by atoms with E-state index in [1.807, 2.05) is 0 Å². The van der Waals surface area contributed by atoms with Crippen LogP contribution in [-0.2, 0) is 19.1 Å². The lowest BCUT2D eigenvalue weighted by atomic mass is 9.88. The molecule has 0 aromatic heterocycles. The number of hydrogen-bond donors (Lipinski definition) is 1. The number of rotatable bonds is 4. The molecule has 0 bridgehead atoms. The highest BCUT2D eigenvalue weighted by Crippen LogP contribution is 2.26. The molecule has 88 valence electrons. The molecule has 0 radical (unpaired) electrons. The molecule has 2 rings (SSSR count). The number of carboxylic acids is 1. The zero-order chi connectivity index (χ0) is 11.5. The smallest absolute Gasteiger partial charge is 0.332 e. The molecule has 16 heavy (non-hydrogen) atoms. The van der Waals surface area contributed by atoms with Gasteiger partial charge in [-0.3, -0.25) is 4.79 Å². The van der Waals surface area contributed by atoms with Crippen molar-refractivity contribution in [1.82, 2.24) is 0 Å². The first-order valence-corrected chi connectivity index (χ1v) is 5.40. The average molecular weight is 226 g/mol. The summed E-state index contributed by atoms with van der Waals surface area (Å²) in [5.41, 5.74) is 0.174. The molecule has 1 aliphatic carbocycles. The summed E-state index contributed by atoms with van der Waals surface area (Å²) < 4.78 is 9.93. The molecule has 1 aliphatic heterocycles. The van der Waals surface area contributed by atoms with Crippen molar-refractivity contribution in [2.75, 3.05) is 13.2 Å². The Kier molecular flexibility index (Phi) is 3.24. The minimum atomic E-state index is -1.02. The number of aliphatic carboxylic acids is 1. The Morgan fingerprint density at radius 2 is 2.31 bits per heavy atom. The van der Waals surface area contributed by atoms with Gasteiger partial charge in [0, 0.05) is 5.57 Å². The topological polar surface area (TPSA) is 76.1 Å². The van der Waals surface area contributed by atoms with Crippen LogP contribution in [-0.4, -0.2) is 36.4 Å². The van der Waals surface area contributed by atoms with E-state index in [-0.39, 0.29) is 18.3 Å². The van der Waals surface area contributed by atoms with Crippen LogP contribution < -0.4 is 0 Å². The minimum absolute atomic E-state index is 0.0183. The van der Waals surface area contributed by atoms with Gasteiger partial charge in [-0.25, -0.2) is 4.79 Å². The molecule has 0 spiro atoms. The van der Waals surface area contributed by atoms with Crippen molar-refractivity contribution in [2.24, 2.45) is 5.92 Å². The predicted octanol–water partition coefficient (Wildman–Crippen LogP) is 0.740. The van der Waals surface area contributed by atoms with E-state index in [0.717, 1.165) is 12.8 Å². The first kappa shape index (κ1) is 11.1. The standard InChI is InChI=1S/C11H14O5/c12-10(13)8-3-1-2-4-9(8)11(14)16-6-7-5-15-7/h3,7,9H,1-2,4-6H2,(H,12,13). The third-order valence-corrected chi connectivity index (χ3v) is 2.78. The number of carbonyl (C=O) groups excluding carboxylic acids is 1. The van der Waals surface area contributed by atoms with Gasteiger partial charge in [0.1, 0.15) is 12.7 Å². The quantitative estimate of drug-likeness (QED) is 0.565. The Bertz CT molecular complexity index is 329. The van der Waals surface area contributed by atoms with Crippen LogP contribution in [0.15, 0.2) is 11.6 Å². The van der Waals surface area contributed by atoms with Crippen molar-refractivity contribution in [3.05, 3.63) is 11.6 Å². The maximum atomic E-state index is 11.7. The first-order chi connectivity index (χ1) is 7.68. The van der Waals surface area contributed by atoms with Crippen molar-refractivity contribution >= 4 is 11.9 Å². The third kappa shape index (κ3) is 2.61. The van der Waals surface area contributed by atoms with Crippen molar-refractivity contribution in [3.8, 4) is 0 Å². The van der Waals surface area contributed by atoms with Crippen LogP contribution in [0.2, 0.25) is 0 Å². The van der Waals surface area contributed by atoms with Gasteiger partial charge in [0.25, 0.3) is 0 Å². The summed E-state index contributed by atoms with van der Waals surface area (Å²) in [6.45, 7) is 0.863. The van der Waals surface area contributed by atoms with E-state index in [1.54, 1.807) is 6.08 Å². The number of carboxylic acid groups (broad SMARTS) is 1. The maximum absolute atomic E-state index is 11.7. The average Bonchev–Trinajstić information content (AvgIpc) is 3.09. The highest BCUT2D eigenvalue weighted by molar-refractivity contribution is 5.94. The molecule has 1 fully saturated rings. The van der Waals surface area contributed by atoms with Crippen molar-refractivity contribution in [1.29, 1.82) is 0 Å². The predicted molar refractivity (Wildman–Crippen MR) is 53.8 cm³/mol. The summed E-state index contributed by atoms with van der Waals surface area (Å²) in [5, 5.41) is 8.95. The summed E-state index contributed by atoms with van der Waals surface area (Å²) in [4.78, 5) is 22.6. The Labute approximate surface area is 93.0 Å². The zero-order valence-corrected chi connectivity index (χ0v) is 8.85. The van der Waals surface area contributed by atoms with Gasteiger partial charge in [-0.2, -0.15) is 0 Å². The number of carbonyl (C=O) groups is 2. The minimum Gasteiger partial charge on any atom is -0.478 e. The molecule has 2 aliphatic rings. The summed E-state index contributed by atoms with van der Waals surface area (Å²) in [6, 6.07) is 0. The van der Waals surface area contributed by atoms with Gasteiger partial charge < -0.3 is 14.6 Å². The van der Waals surface area contributed by atoms with Gasteiger partial charge in [-0.15, -0.1) is 0 Å². The second kappa shape index (κ2) is 4.65. The fourth-order valence-corrected chi connectivity index (χ4v) is 1.80. The highest BCUT2D eigenvalue weighted by atomic mass is 16.6. The number of allylic oxidation sites excluding steroid dienone is 1. The largest absolute Gasteiger partial charge is 0.478 e. The van der Waals surface area contributed by atoms with Crippen LogP contribution in [0.5, 0.6) is 0 Å². The highest BCUT2D eigenvalue weighted by Gasteiger charge is 2.32. The molecule has 0 amide bonds. The van der Waals surface area contributed by atoms with E-state index in [9.17, 15) is 9.59 Å². The number of esters is 1. The van der Waals surface area contributed by atoms with Crippen molar-refractivity contribution in [3.63, 3.8) is 0 Å². The van der Waals surface area contributed by atoms with Gasteiger partial charge in [0.05, 0.1) is 12.5 Å². The molecule has 2 atom stereocenters. The fraction of sp³-hybridized carbons (Fsp3) is 0.636. The van der Waals surface area contributed by atoms with Crippen LogP contribution in [0, 0.1) is 5.92 Å². The van der Waals surface area contributed by atoms with Crippen molar-refractivity contribution in [2.45, 2.75) is 25.4 Å². The van der Waals surface area contributed by atoms with E-state index < -0.39 is 17.9 Å². The molecular weight excluding hydrogens is 212 g/mol. The Morgan fingerprint density at radius 3 is 2.94 bits per heavy atom. The van der Waals surface area contributed by atoms with Gasteiger partial charge >= 0.3 is 11.9 Å². The molecule has 0 aromatic rings. The van der Waals surface area contributed by atoms with E-state index in [4.69, 9.17) is 14.6 Å². The Hall–Kier alpha value is -1.36. The summed E-state index contributed by atoms with van der Waals surface area (Å²) in [5.74, 6) is -2.07. The monoisotopic (exact) mass is 226 g/mol. The van der Waals surface area contributed by atoms with Crippen LogP contribution in [0.25, 0.3) is 0 Å². The van der Waals surface area contributed by atoms with E-state index in [2.05, 4.69) is 0 Å². The SMILES string of the molecule is O=C(O)C1=CCCCC1C(=O)OCC1CO1. The summed E-state index contributed by atoms with van der Waals surface area (Å²) >= 11 is 0. The van der Waals surface area contributed by atoms with Gasteiger partial charge in [-0.05, 0) is 19.3 Å². The lowest BCUT2D eigenvalue weighted by molar-refractivity contribution is -0.150. The number of epoxide rings is 1. The summed E-state index contributed by atoms with van der Waals surface area (Å²) in [6.07, 6.45) is 3.74. The number of hydrogen-bond acceptors (Lipinski definition) is 4. The molecular formula is C11H14O5. The Morgan fingerprint density at radius 1 is 1.56 bits per heavy atom. The molecule has 1 saturated heterocycles. The van der Waals surface area contributed by atoms with Crippen LogP contribution >= 0.6 is 0 Å². The second-order valence-corrected chi connectivity index (χ2v) is 4.03. The van der Waals surface area contributed by atoms with Crippen molar-refractivity contribution < 1.29 is 24.2 Å². The second-order valence-electron chi connectivity index (χ2n) is 4.03. The molecule has 1 N–H and O–H groups in total. The van der Waals surface area contributed by atoms with Gasteiger partial charge in [0.15, 0.2) is 0 Å². The fourth-order valence-electron chi connectivity index (χ4n) is 1.80. The van der Waals surface area contributed by atoms with Crippen LogP contribution in [0.4, 0.5) is 0 Å². The van der Waals surface area contributed by atoms with E-state index in [0.29, 0.717) is 13.0 Å². The van der Waals surface area contributed by atoms with E-state index >= 15 is 0 Å². The van der Waals surface area contributed by atoms with Gasteiger partial charge in [-0.1, -0.05) is 6.08 Å². The maximum Gasteiger partial charge on any atom is 0.332 e. The van der Waals surface area contributed by atoms with E-state index in [1.165, 1.54) is 0 Å². The zero-order valence-electron chi connectivity index (χ0n) is 8.85. The van der Waals surface area contributed by atoms with Crippen LogP contribution in [0.1, 0.15) is 19.3 Å². The summed E-state index contributed by atoms with van der Waals surface area (Å²) in [7, 11) is 0. The van der Waals surface area contributed by atoms with Crippen LogP contribution in [0.3, 0.4) is 0 Å². The lowest BCUT2D eigenvalue weighted by Gasteiger charge is -2.19. The Balaban J connectivity index is 1.94. The molecule has 0 saturated carbocycles. The number of ether oxygens (including phenoxy) is 2. The first-order valence-electron chi connectivity index (χ1n) is 5.40. The van der Waals surface area contributed by atoms with Gasteiger partial charge in [0.2, 0.25) is 0 Å². The lowest BCUT2D eigenvalue weighted by Crippen LogP contribution is -2.26. The molecule has 2 unspecified atom stereocenters.